The molecule has 13 rings (SSSR count). The summed E-state index contributed by atoms with van der Waals surface area (Å²) in [5.74, 6) is 0. The Morgan fingerprint density at radius 1 is 0.340 bits per heavy atom. The van der Waals surface area contributed by atoms with Gasteiger partial charge in [-0.25, -0.2) is 0 Å². The summed E-state index contributed by atoms with van der Waals surface area (Å²) in [4.78, 5) is 0. The van der Waals surface area contributed by atoms with E-state index in [1.807, 2.05) is 0 Å². The van der Waals surface area contributed by atoms with Crippen LogP contribution < -0.4 is 0 Å². The molecule has 12 aromatic rings. The lowest BCUT2D eigenvalue weighted by Gasteiger charge is -2.13. The summed E-state index contributed by atoms with van der Waals surface area (Å²) in [6.45, 7) is 0. The Morgan fingerprint density at radius 2 is 1.04 bits per heavy atom. The normalized spacial score (nSPS) is 12.5. The standard InChI is InChI=1S/C50H28N2O/c1-2-14-32-29(10-1)11-9-20-41(32)52-43-26-24-37-34-15-3-5-19-42(34)51(31-22-23-33-35-17-7-12-30-13-8-18-36(46(30)35)40(33)28-31)49(37)47(43)39-25-27-45-48(50(39)52)38-16-4-6-21-44(38)53-45/h1-28H. The highest BCUT2D eigenvalue weighted by molar-refractivity contribution is 6.31. The van der Waals surface area contributed by atoms with Crippen LogP contribution in [-0.4, -0.2) is 9.13 Å². The van der Waals surface area contributed by atoms with Crippen LogP contribution in [-0.2, 0) is 0 Å². The fourth-order valence-electron chi connectivity index (χ4n) is 9.69. The van der Waals surface area contributed by atoms with Crippen molar-refractivity contribution in [3.63, 3.8) is 0 Å². The predicted octanol–water partition coefficient (Wildman–Crippen LogP) is 13.7. The third kappa shape index (κ3) is 3.44. The first-order chi connectivity index (χ1) is 26.3. The van der Waals surface area contributed by atoms with Crippen LogP contribution in [0.2, 0.25) is 0 Å². The molecule has 53 heavy (non-hydrogen) atoms. The molecule has 1 aliphatic rings. The monoisotopic (exact) mass is 672 g/mol. The predicted molar refractivity (Wildman–Crippen MR) is 222 cm³/mol. The van der Waals surface area contributed by atoms with Crippen LogP contribution in [0.5, 0.6) is 0 Å². The van der Waals surface area contributed by atoms with E-state index in [9.17, 15) is 0 Å². The zero-order chi connectivity index (χ0) is 34.4. The Hall–Kier alpha value is -7.10. The van der Waals surface area contributed by atoms with Crippen LogP contribution in [0.25, 0.3) is 121 Å². The van der Waals surface area contributed by atoms with E-state index in [-0.39, 0.29) is 0 Å². The Bertz CT molecular complexity index is 3560. The SMILES string of the molecule is c1ccc2c(-n3c4ccc5c6ccccc6n(-c6ccc7c(c6)-c6cccc8cccc-7c68)c5c4c4ccc5oc6ccccc6c5c43)cccc2c1. The molecule has 3 heteroatoms. The van der Waals surface area contributed by atoms with E-state index in [4.69, 9.17) is 4.42 Å². The molecule has 1 aliphatic carbocycles. The van der Waals surface area contributed by atoms with Crippen LogP contribution in [0.15, 0.2) is 174 Å². The van der Waals surface area contributed by atoms with Crippen molar-refractivity contribution < 1.29 is 4.42 Å². The number of para-hydroxylation sites is 2. The molecule has 0 N–H and O–H groups in total. The number of hydrogen-bond acceptors (Lipinski definition) is 1. The first kappa shape index (κ1) is 27.6. The van der Waals surface area contributed by atoms with Crippen molar-refractivity contribution in [3.8, 4) is 33.6 Å². The molecule has 0 bridgehead atoms. The van der Waals surface area contributed by atoms with Crippen LogP contribution in [0, 0.1) is 0 Å². The lowest BCUT2D eigenvalue weighted by atomic mass is 10.0. The highest BCUT2D eigenvalue weighted by Gasteiger charge is 2.26. The molecule has 0 saturated heterocycles. The maximum Gasteiger partial charge on any atom is 0.137 e. The maximum atomic E-state index is 6.54. The number of fused-ring (bicyclic) bond motifs is 15. The summed E-state index contributed by atoms with van der Waals surface area (Å²) in [5.41, 5.74) is 14.1. The average Bonchev–Trinajstić information content (AvgIpc) is 3.95. The minimum atomic E-state index is 0.896. The van der Waals surface area contributed by atoms with Gasteiger partial charge in [0.2, 0.25) is 0 Å². The second-order valence-corrected chi connectivity index (χ2v) is 14.4. The average molecular weight is 673 g/mol. The maximum absolute atomic E-state index is 6.54. The number of aromatic nitrogens is 2. The van der Waals surface area contributed by atoms with Crippen LogP contribution in [0.3, 0.4) is 0 Å². The van der Waals surface area contributed by atoms with Gasteiger partial charge in [0.15, 0.2) is 0 Å². The van der Waals surface area contributed by atoms with Gasteiger partial charge in [0, 0.05) is 38.0 Å². The summed E-state index contributed by atoms with van der Waals surface area (Å²) in [6.07, 6.45) is 0. The molecular weight excluding hydrogens is 645 g/mol. The Kier molecular flexibility index (Phi) is 5.11. The zero-order valence-electron chi connectivity index (χ0n) is 28.5. The molecule has 9 aromatic carbocycles. The molecule has 244 valence electrons. The van der Waals surface area contributed by atoms with Gasteiger partial charge < -0.3 is 13.6 Å². The first-order valence-corrected chi connectivity index (χ1v) is 18.3. The van der Waals surface area contributed by atoms with E-state index in [2.05, 4.69) is 179 Å². The van der Waals surface area contributed by atoms with Crippen molar-refractivity contribution >= 4 is 87.1 Å². The van der Waals surface area contributed by atoms with Gasteiger partial charge >= 0.3 is 0 Å². The summed E-state index contributed by atoms with van der Waals surface area (Å²) < 4.78 is 11.6. The van der Waals surface area contributed by atoms with Crippen molar-refractivity contribution in [1.82, 2.24) is 9.13 Å². The molecular formula is C50H28N2O. The minimum Gasteiger partial charge on any atom is -0.456 e. The highest BCUT2D eigenvalue weighted by Crippen LogP contribution is 2.50. The van der Waals surface area contributed by atoms with Crippen molar-refractivity contribution in [2.45, 2.75) is 0 Å². The van der Waals surface area contributed by atoms with Gasteiger partial charge in [-0.05, 0) is 86.9 Å². The first-order valence-electron chi connectivity index (χ1n) is 18.3. The van der Waals surface area contributed by atoms with Gasteiger partial charge in [-0.2, -0.15) is 0 Å². The third-order valence-corrected chi connectivity index (χ3v) is 11.8. The quantitative estimate of drug-likeness (QED) is 0.179. The molecule has 0 spiro atoms. The van der Waals surface area contributed by atoms with Crippen molar-refractivity contribution in [1.29, 1.82) is 0 Å². The van der Waals surface area contributed by atoms with E-state index < -0.39 is 0 Å². The number of furan rings is 1. The fraction of sp³-hybridized carbons (Fsp3) is 0. The van der Waals surface area contributed by atoms with Gasteiger partial charge in [-0.15, -0.1) is 0 Å². The Morgan fingerprint density at radius 3 is 1.94 bits per heavy atom. The highest BCUT2D eigenvalue weighted by atomic mass is 16.3. The van der Waals surface area contributed by atoms with E-state index >= 15 is 0 Å². The second kappa shape index (κ2) is 9.81. The van der Waals surface area contributed by atoms with Crippen LogP contribution in [0.1, 0.15) is 0 Å². The van der Waals surface area contributed by atoms with E-state index in [0.29, 0.717) is 0 Å². The molecule has 0 aliphatic heterocycles. The van der Waals surface area contributed by atoms with Gasteiger partial charge in [-0.1, -0.05) is 121 Å². The Balaban J connectivity index is 1.23. The Labute approximate surface area is 303 Å². The molecule has 3 aromatic heterocycles. The summed E-state index contributed by atoms with van der Waals surface area (Å²) >= 11 is 0. The van der Waals surface area contributed by atoms with Gasteiger partial charge in [0.1, 0.15) is 11.2 Å². The summed E-state index contributed by atoms with van der Waals surface area (Å²) in [7, 11) is 0. The van der Waals surface area contributed by atoms with Crippen LogP contribution in [0.4, 0.5) is 0 Å². The van der Waals surface area contributed by atoms with Gasteiger partial charge in [0.05, 0.1) is 33.1 Å². The lowest BCUT2D eigenvalue weighted by molar-refractivity contribution is 0.669. The molecule has 0 radical (unpaired) electrons. The zero-order valence-corrected chi connectivity index (χ0v) is 28.5. The second-order valence-electron chi connectivity index (χ2n) is 14.4. The van der Waals surface area contributed by atoms with Crippen LogP contribution >= 0.6 is 0 Å². The largest absolute Gasteiger partial charge is 0.456 e. The van der Waals surface area contributed by atoms with Crippen molar-refractivity contribution in [2.24, 2.45) is 0 Å². The van der Waals surface area contributed by atoms with Gasteiger partial charge in [-0.3, -0.25) is 0 Å². The molecule has 0 amide bonds. The third-order valence-electron chi connectivity index (χ3n) is 11.8. The molecule has 0 atom stereocenters. The summed E-state index contributed by atoms with van der Waals surface area (Å²) in [6, 6.07) is 62.3. The fourth-order valence-corrected chi connectivity index (χ4v) is 9.69. The van der Waals surface area contributed by atoms with E-state index in [1.54, 1.807) is 0 Å². The van der Waals surface area contributed by atoms with Gasteiger partial charge in [0.25, 0.3) is 0 Å². The molecule has 0 saturated carbocycles. The lowest BCUT2D eigenvalue weighted by Crippen LogP contribution is -1.97. The minimum absolute atomic E-state index is 0.896. The van der Waals surface area contributed by atoms with Crippen molar-refractivity contribution in [3.05, 3.63) is 170 Å². The molecule has 3 nitrogen and oxygen atoms in total. The summed E-state index contributed by atoms with van der Waals surface area (Å²) in [5, 5.41) is 12.3. The molecule has 3 heterocycles. The van der Waals surface area contributed by atoms with Crippen molar-refractivity contribution in [2.75, 3.05) is 0 Å². The number of hydrogen-bond donors (Lipinski definition) is 0. The van der Waals surface area contributed by atoms with E-state index in [1.165, 1.54) is 87.4 Å². The molecule has 0 fully saturated rings. The number of nitrogens with zero attached hydrogens (tertiary/aromatic N) is 2. The number of rotatable bonds is 2. The molecule has 0 unspecified atom stereocenters. The number of benzene rings is 9. The topological polar surface area (TPSA) is 23.0 Å². The smallest absolute Gasteiger partial charge is 0.137 e. The van der Waals surface area contributed by atoms with E-state index in [0.717, 1.165) is 33.3 Å².